The minimum Gasteiger partial charge on any atom is -0.463 e. The maximum Gasteiger partial charge on any atom is 0.332 e. The van der Waals surface area contributed by atoms with Gasteiger partial charge >= 0.3 is 11.7 Å². The van der Waals surface area contributed by atoms with Crippen LogP contribution in [0.3, 0.4) is 0 Å². The first-order valence-corrected chi connectivity index (χ1v) is 8.39. The molecule has 1 unspecified atom stereocenters. The number of benzene rings is 1. The molecule has 1 N–H and O–H groups in total. The number of hydrogen-bond donors (Lipinski definition) is 1. The van der Waals surface area contributed by atoms with E-state index in [1.54, 1.807) is 28.8 Å². The van der Waals surface area contributed by atoms with Gasteiger partial charge in [0.25, 0.3) is 5.56 Å². The summed E-state index contributed by atoms with van der Waals surface area (Å²) in [5.41, 5.74) is 0.276. The van der Waals surface area contributed by atoms with E-state index in [0.29, 0.717) is 5.56 Å². The predicted octanol–water partition coefficient (Wildman–Crippen LogP) is -0.247. The van der Waals surface area contributed by atoms with Crippen LogP contribution in [-0.2, 0) is 30.2 Å². The van der Waals surface area contributed by atoms with Crippen molar-refractivity contribution in [2.75, 3.05) is 13.2 Å². The van der Waals surface area contributed by atoms with Gasteiger partial charge in [-0.2, -0.15) is 0 Å². The highest BCUT2D eigenvalue weighted by atomic mass is 16.5. The van der Waals surface area contributed by atoms with Crippen molar-refractivity contribution in [1.29, 1.82) is 0 Å². The van der Waals surface area contributed by atoms with Gasteiger partial charge in [-0.1, -0.05) is 30.3 Å². The Morgan fingerprint density at radius 2 is 1.89 bits per heavy atom. The summed E-state index contributed by atoms with van der Waals surface area (Å²) in [5.74, 6) is -1.31. The molecule has 9 heteroatoms. The minimum absolute atomic E-state index is 0.000375. The molecule has 9 nitrogen and oxygen atoms in total. The Hall–Kier alpha value is -3.20. The van der Waals surface area contributed by atoms with Crippen LogP contribution in [0.25, 0.3) is 11.2 Å². The van der Waals surface area contributed by atoms with E-state index in [4.69, 9.17) is 4.74 Å². The lowest BCUT2D eigenvalue weighted by Crippen LogP contribution is -2.37. The Kier molecular flexibility index (Phi) is 5.22. The summed E-state index contributed by atoms with van der Waals surface area (Å²) >= 11 is 0. The number of imidazole rings is 1. The van der Waals surface area contributed by atoms with Gasteiger partial charge in [-0.25, -0.2) is 9.78 Å². The highest BCUT2D eigenvalue weighted by Crippen LogP contribution is 2.16. The first kappa shape index (κ1) is 18.6. The molecule has 2 heterocycles. The van der Waals surface area contributed by atoms with E-state index in [-0.39, 0.29) is 30.9 Å². The average Bonchev–Trinajstić information content (AvgIpc) is 3.10. The third-order valence-corrected chi connectivity index (χ3v) is 4.46. The number of fused-ring (bicyclic) bond motifs is 1. The zero-order valence-corrected chi connectivity index (χ0v) is 15.0. The Morgan fingerprint density at radius 1 is 1.19 bits per heavy atom. The summed E-state index contributed by atoms with van der Waals surface area (Å²) in [6.45, 7) is -0.165. The lowest BCUT2D eigenvalue weighted by molar-refractivity contribution is -0.146. The molecule has 0 saturated heterocycles. The quantitative estimate of drug-likeness (QED) is 0.598. The first-order chi connectivity index (χ1) is 13.0. The number of aryl methyl sites for hydroxylation is 1. The Bertz CT molecular complexity index is 1080. The van der Waals surface area contributed by atoms with Crippen LogP contribution in [0.15, 0.2) is 46.2 Å². The molecule has 0 saturated carbocycles. The number of aliphatic hydroxyl groups excluding tert-OH is 1. The van der Waals surface area contributed by atoms with Crippen molar-refractivity contribution in [3.05, 3.63) is 63.1 Å². The Balaban J connectivity index is 1.75. The molecule has 0 spiro atoms. The molecule has 2 aromatic heterocycles. The summed E-state index contributed by atoms with van der Waals surface area (Å²) in [7, 11) is 2.93. The normalized spacial score (nSPS) is 12.3. The molecule has 1 atom stereocenters. The number of rotatable bonds is 6. The molecule has 0 radical (unpaired) electrons. The number of hydrogen-bond acceptors (Lipinski definition) is 6. The molecule has 3 aromatic rings. The molecule has 0 amide bonds. The van der Waals surface area contributed by atoms with Crippen molar-refractivity contribution >= 4 is 17.1 Å². The van der Waals surface area contributed by atoms with Crippen LogP contribution < -0.4 is 11.2 Å². The number of carbonyl (C=O) groups is 1. The van der Waals surface area contributed by atoms with Crippen LogP contribution in [0.2, 0.25) is 0 Å². The second-order valence-electron chi connectivity index (χ2n) is 6.13. The second-order valence-corrected chi connectivity index (χ2v) is 6.13. The van der Waals surface area contributed by atoms with Crippen molar-refractivity contribution in [1.82, 2.24) is 18.7 Å². The number of carbonyl (C=O) groups excluding carboxylic acids is 1. The summed E-state index contributed by atoms with van der Waals surface area (Å²) in [6.07, 6.45) is 1.43. The molecular formula is C18H20N4O5. The van der Waals surface area contributed by atoms with E-state index < -0.39 is 23.1 Å². The molecule has 0 bridgehead atoms. The van der Waals surface area contributed by atoms with E-state index in [1.165, 1.54) is 25.0 Å². The van der Waals surface area contributed by atoms with Crippen LogP contribution in [-0.4, -0.2) is 43.0 Å². The fourth-order valence-corrected chi connectivity index (χ4v) is 2.91. The summed E-state index contributed by atoms with van der Waals surface area (Å²) < 4.78 is 9.11. The fraction of sp³-hybridized carbons (Fsp3) is 0.333. The summed E-state index contributed by atoms with van der Waals surface area (Å²) in [4.78, 5) is 40.7. The van der Waals surface area contributed by atoms with E-state index in [0.717, 1.165) is 4.57 Å². The zero-order chi connectivity index (χ0) is 19.6. The number of esters is 1. The van der Waals surface area contributed by atoms with Gasteiger partial charge in [0, 0.05) is 14.1 Å². The molecule has 0 aliphatic heterocycles. The molecule has 142 valence electrons. The SMILES string of the molecule is Cn1c(=O)c2c(ncn2CCOC(=O)C(CO)c2ccccc2)n(C)c1=O. The smallest absolute Gasteiger partial charge is 0.332 e. The number of ether oxygens (including phenoxy) is 1. The highest BCUT2D eigenvalue weighted by Gasteiger charge is 2.21. The Morgan fingerprint density at radius 3 is 2.56 bits per heavy atom. The number of nitrogens with zero attached hydrogens (tertiary/aromatic N) is 4. The molecule has 3 rings (SSSR count). The maximum absolute atomic E-state index is 12.4. The minimum atomic E-state index is -0.764. The maximum atomic E-state index is 12.4. The third kappa shape index (κ3) is 3.41. The third-order valence-electron chi connectivity index (χ3n) is 4.46. The van der Waals surface area contributed by atoms with E-state index in [2.05, 4.69) is 4.98 Å². The molecule has 0 aliphatic carbocycles. The fourth-order valence-electron chi connectivity index (χ4n) is 2.91. The monoisotopic (exact) mass is 372 g/mol. The van der Waals surface area contributed by atoms with Gasteiger partial charge in [-0.15, -0.1) is 0 Å². The summed E-state index contributed by atoms with van der Waals surface area (Å²) in [6, 6.07) is 8.87. The molecule has 27 heavy (non-hydrogen) atoms. The van der Waals surface area contributed by atoms with Crippen LogP contribution in [0.1, 0.15) is 11.5 Å². The van der Waals surface area contributed by atoms with Gasteiger partial charge < -0.3 is 14.4 Å². The van der Waals surface area contributed by atoms with Gasteiger partial charge in [0.2, 0.25) is 0 Å². The standard InChI is InChI=1S/C18H20N4O5/c1-20-15-14(16(24)21(2)18(20)26)22(11-19-15)8-9-27-17(25)13(10-23)12-6-4-3-5-7-12/h3-7,11,13,23H,8-10H2,1-2H3. The van der Waals surface area contributed by atoms with Gasteiger partial charge in [0.05, 0.1) is 19.5 Å². The molecule has 0 fully saturated rings. The second kappa shape index (κ2) is 7.58. The molecule has 0 aliphatic rings. The highest BCUT2D eigenvalue weighted by molar-refractivity contribution is 5.78. The lowest BCUT2D eigenvalue weighted by atomic mass is 10.0. The van der Waals surface area contributed by atoms with Crippen molar-refractivity contribution in [2.24, 2.45) is 14.1 Å². The van der Waals surface area contributed by atoms with Crippen molar-refractivity contribution in [3.8, 4) is 0 Å². The molecular weight excluding hydrogens is 352 g/mol. The zero-order valence-electron chi connectivity index (χ0n) is 15.0. The van der Waals surface area contributed by atoms with E-state index >= 15 is 0 Å². The van der Waals surface area contributed by atoms with Crippen molar-refractivity contribution in [3.63, 3.8) is 0 Å². The van der Waals surface area contributed by atoms with Gasteiger partial charge in [0.15, 0.2) is 11.2 Å². The largest absolute Gasteiger partial charge is 0.463 e. The average molecular weight is 372 g/mol. The predicted molar refractivity (Wildman–Crippen MR) is 97.4 cm³/mol. The van der Waals surface area contributed by atoms with E-state index in [1.807, 2.05) is 6.07 Å². The van der Waals surface area contributed by atoms with Crippen LogP contribution in [0, 0.1) is 0 Å². The van der Waals surface area contributed by atoms with Gasteiger partial charge in [0.1, 0.15) is 12.5 Å². The topological polar surface area (TPSA) is 108 Å². The van der Waals surface area contributed by atoms with Crippen LogP contribution in [0.4, 0.5) is 0 Å². The van der Waals surface area contributed by atoms with Crippen molar-refractivity contribution < 1.29 is 14.6 Å². The lowest BCUT2D eigenvalue weighted by Gasteiger charge is -2.14. The van der Waals surface area contributed by atoms with Crippen molar-refractivity contribution in [2.45, 2.75) is 12.5 Å². The van der Waals surface area contributed by atoms with Gasteiger partial charge in [-0.05, 0) is 5.56 Å². The number of aromatic nitrogens is 4. The summed E-state index contributed by atoms with van der Waals surface area (Å²) in [5, 5.41) is 9.51. The van der Waals surface area contributed by atoms with Crippen LogP contribution >= 0.6 is 0 Å². The van der Waals surface area contributed by atoms with E-state index in [9.17, 15) is 19.5 Å². The van der Waals surface area contributed by atoms with Crippen LogP contribution in [0.5, 0.6) is 0 Å². The van der Waals surface area contributed by atoms with Gasteiger partial charge in [-0.3, -0.25) is 18.7 Å². The Labute approximate surface area is 154 Å². The first-order valence-electron chi connectivity index (χ1n) is 8.39. The number of aliphatic hydroxyl groups is 1. The molecule has 1 aromatic carbocycles.